The van der Waals surface area contributed by atoms with E-state index in [2.05, 4.69) is 55.4 Å². The lowest BCUT2D eigenvalue weighted by molar-refractivity contribution is 0.141. The monoisotopic (exact) mass is 272 g/mol. The summed E-state index contributed by atoms with van der Waals surface area (Å²) in [7, 11) is 2.33. The first kappa shape index (κ1) is 14.1. The Kier molecular flexibility index (Phi) is 4.13. The first-order chi connectivity index (χ1) is 9.72. The van der Waals surface area contributed by atoms with E-state index in [1.165, 1.54) is 31.2 Å². The molecule has 0 saturated heterocycles. The number of fused-ring (bicyclic) bond motifs is 1. The normalized spacial score (nSPS) is 26.8. The maximum atomic E-state index is 3.79. The largest absolute Gasteiger partial charge is 0.309 e. The Hall–Kier alpha value is -0.860. The van der Waals surface area contributed by atoms with Gasteiger partial charge >= 0.3 is 0 Å². The molecule has 1 saturated carbocycles. The Morgan fingerprint density at radius 3 is 2.75 bits per heavy atom. The molecule has 0 aliphatic heterocycles. The third-order valence-electron chi connectivity index (χ3n) is 5.29. The Balaban J connectivity index is 1.79. The zero-order valence-corrected chi connectivity index (χ0v) is 13.1. The van der Waals surface area contributed by atoms with Gasteiger partial charge in [-0.1, -0.05) is 31.2 Å². The highest BCUT2D eigenvalue weighted by molar-refractivity contribution is 5.37. The molecule has 0 radical (unpaired) electrons. The van der Waals surface area contributed by atoms with E-state index in [0.29, 0.717) is 12.1 Å². The number of benzene rings is 1. The van der Waals surface area contributed by atoms with Crippen molar-refractivity contribution in [3.05, 3.63) is 35.4 Å². The van der Waals surface area contributed by atoms with Gasteiger partial charge in [-0.15, -0.1) is 0 Å². The molecule has 3 rings (SSSR count). The minimum absolute atomic E-state index is 0.511. The molecule has 3 unspecified atom stereocenters. The summed E-state index contributed by atoms with van der Waals surface area (Å²) in [5, 5.41) is 3.79. The van der Waals surface area contributed by atoms with E-state index in [-0.39, 0.29) is 0 Å². The van der Waals surface area contributed by atoms with Crippen molar-refractivity contribution in [2.24, 2.45) is 5.92 Å². The number of rotatable bonds is 6. The van der Waals surface area contributed by atoms with Gasteiger partial charge < -0.3 is 5.32 Å². The third kappa shape index (κ3) is 2.64. The second-order valence-electron chi connectivity index (χ2n) is 6.65. The molecule has 0 bridgehead atoms. The van der Waals surface area contributed by atoms with Gasteiger partial charge in [0, 0.05) is 18.1 Å². The van der Waals surface area contributed by atoms with Crippen LogP contribution in [0.2, 0.25) is 0 Å². The van der Waals surface area contributed by atoms with Crippen molar-refractivity contribution in [1.29, 1.82) is 0 Å². The lowest BCUT2D eigenvalue weighted by Crippen LogP contribution is -2.46. The predicted molar refractivity (Wildman–Crippen MR) is 84.9 cm³/mol. The van der Waals surface area contributed by atoms with Gasteiger partial charge in [-0.25, -0.2) is 0 Å². The van der Waals surface area contributed by atoms with E-state index >= 15 is 0 Å². The number of hydrogen-bond acceptors (Lipinski definition) is 2. The van der Waals surface area contributed by atoms with Crippen molar-refractivity contribution in [1.82, 2.24) is 10.2 Å². The molecular weight excluding hydrogens is 244 g/mol. The van der Waals surface area contributed by atoms with Gasteiger partial charge in [-0.2, -0.15) is 0 Å². The van der Waals surface area contributed by atoms with Crippen LogP contribution >= 0.6 is 0 Å². The van der Waals surface area contributed by atoms with Crippen molar-refractivity contribution in [3.8, 4) is 0 Å². The van der Waals surface area contributed by atoms with Crippen LogP contribution in [0.1, 0.15) is 50.3 Å². The molecule has 2 aliphatic rings. The van der Waals surface area contributed by atoms with Gasteiger partial charge in [0.05, 0.1) is 0 Å². The number of hydrogen-bond donors (Lipinski definition) is 1. The second-order valence-corrected chi connectivity index (χ2v) is 6.65. The molecule has 20 heavy (non-hydrogen) atoms. The van der Waals surface area contributed by atoms with E-state index in [1.807, 2.05) is 0 Å². The zero-order valence-electron chi connectivity index (χ0n) is 13.1. The van der Waals surface area contributed by atoms with Crippen molar-refractivity contribution < 1.29 is 0 Å². The average Bonchev–Trinajstić information content (AvgIpc) is 3.25. The van der Waals surface area contributed by atoms with E-state index in [0.717, 1.165) is 18.5 Å². The van der Waals surface area contributed by atoms with Crippen molar-refractivity contribution in [3.63, 3.8) is 0 Å². The van der Waals surface area contributed by atoms with Crippen LogP contribution in [0.25, 0.3) is 0 Å². The minimum Gasteiger partial charge on any atom is -0.309 e. The highest BCUT2D eigenvalue weighted by Crippen LogP contribution is 2.40. The molecule has 0 amide bonds. The van der Waals surface area contributed by atoms with Crippen molar-refractivity contribution in [2.75, 3.05) is 13.6 Å². The maximum Gasteiger partial charge on any atom is 0.0484 e. The highest BCUT2D eigenvalue weighted by Gasteiger charge is 2.39. The fourth-order valence-corrected chi connectivity index (χ4v) is 3.71. The Morgan fingerprint density at radius 1 is 1.30 bits per heavy atom. The standard InChI is InChI=1S/C18H28N2/c1-4-11-19-18-16-8-6-5-7-15(16)12-17(18)20(3)13(2)14-9-10-14/h5-8,13-14,17-19H,4,9-12H2,1-3H3. The van der Waals surface area contributed by atoms with Gasteiger partial charge in [0.15, 0.2) is 0 Å². The molecule has 0 spiro atoms. The molecule has 1 fully saturated rings. The summed E-state index contributed by atoms with van der Waals surface area (Å²) in [6.45, 7) is 5.78. The molecule has 1 aromatic carbocycles. The first-order valence-corrected chi connectivity index (χ1v) is 8.25. The van der Waals surface area contributed by atoms with Crippen LogP contribution in [0.5, 0.6) is 0 Å². The first-order valence-electron chi connectivity index (χ1n) is 8.25. The van der Waals surface area contributed by atoms with E-state index in [4.69, 9.17) is 0 Å². The zero-order chi connectivity index (χ0) is 14.1. The number of likely N-dealkylation sites (N-methyl/N-ethyl adjacent to an activating group) is 1. The molecule has 2 aliphatic carbocycles. The van der Waals surface area contributed by atoms with E-state index < -0.39 is 0 Å². The Morgan fingerprint density at radius 2 is 2.05 bits per heavy atom. The van der Waals surface area contributed by atoms with Crippen molar-refractivity contribution >= 4 is 0 Å². The summed E-state index contributed by atoms with van der Waals surface area (Å²) >= 11 is 0. The highest BCUT2D eigenvalue weighted by atomic mass is 15.2. The summed E-state index contributed by atoms with van der Waals surface area (Å²) in [5.41, 5.74) is 3.07. The molecule has 0 heterocycles. The van der Waals surface area contributed by atoms with Crippen LogP contribution in [0.15, 0.2) is 24.3 Å². The van der Waals surface area contributed by atoms with Gasteiger partial charge in [-0.3, -0.25) is 4.90 Å². The lowest BCUT2D eigenvalue weighted by Gasteiger charge is -2.35. The minimum atomic E-state index is 0.511. The summed E-state index contributed by atoms with van der Waals surface area (Å²) < 4.78 is 0. The maximum absolute atomic E-state index is 3.79. The van der Waals surface area contributed by atoms with Gasteiger partial charge in [0.2, 0.25) is 0 Å². The van der Waals surface area contributed by atoms with Crippen LogP contribution in [0.4, 0.5) is 0 Å². The van der Waals surface area contributed by atoms with Crippen LogP contribution in [0.3, 0.4) is 0 Å². The fraction of sp³-hybridized carbons (Fsp3) is 0.667. The van der Waals surface area contributed by atoms with Crippen molar-refractivity contribution in [2.45, 2.75) is 57.7 Å². The summed E-state index contributed by atoms with van der Waals surface area (Å²) in [4.78, 5) is 2.64. The predicted octanol–water partition coefficient (Wildman–Crippen LogP) is 3.38. The third-order valence-corrected chi connectivity index (χ3v) is 5.29. The Labute approximate surface area is 123 Å². The fourth-order valence-electron chi connectivity index (χ4n) is 3.71. The summed E-state index contributed by atoms with van der Waals surface area (Å²) in [6, 6.07) is 10.9. The number of nitrogens with zero attached hydrogens (tertiary/aromatic N) is 1. The molecule has 2 heteroatoms. The topological polar surface area (TPSA) is 15.3 Å². The number of nitrogens with one attached hydrogen (secondary N) is 1. The molecule has 1 aromatic rings. The van der Waals surface area contributed by atoms with E-state index in [1.54, 1.807) is 5.56 Å². The quantitative estimate of drug-likeness (QED) is 0.854. The van der Waals surface area contributed by atoms with Crippen LogP contribution in [-0.2, 0) is 6.42 Å². The van der Waals surface area contributed by atoms with Crippen LogP contribution < -0.4 is 5.32 Å². The van der Waals surface area contributed by atoms with Crippen LogP contribution in [-0.4, -0.2) is 30.6 Å². The smallest absolute Gasteiger partial charge is 0.0484 e. The molecule has 0 aromatic heterocycles. The Bertz CT molecular complexity index is 452. The molecule has 1 N–H and O–H groups in total. The molecule has 2 nitrogen and oxygen atoms in total. The van der Waals surface area contributed by atoms with Gasteiger partial charge in [-0.05, 0) is 63.2 Å². The van der Waals surface area contributed by atoms with Crippen LogP contribution in [0, 0.1) is 5.92 Å². The summed E-state index contributed by atoms with van der Waals surface area (Å²) in [6.07, 6.45) is 5.26. The second kappa shape index (κ2) is 5.87. The summed E-state index contributed by atoms with van der Waals surface area (Å²) in [5.74, 6) is 0.940. The van der Waals surface area contributed by atoms with E-state index in [9.17, 15) is 0 Å². The van der Waals surface area contributed by atoms with Gasteiger partial charge in [0.25, 0.3) is 0 Å². The SMILES string of the molecule is CCCNC1c2ccccc2CC1N(C)C(C)C1CC1. The molecule has 3 atom stereocenters. The average molecular weight is 272 g/mol. The molecule has 110 valence electrons. The lowest BCUT2D eigenvalue weighted by atomic mass is 10.0. The van der Waals surface area contributed by atoms with Gasteiger partial charge in [0.1, 0.15) is 0 Å². The molecular formula is C18H28N2.